The van der Waals surface area contributed by atoms with Crippen molar-refractivity contribution in [2.24, 2.45) is 0 Å². The minimum Gasteiger partial charge on any atom is -0.388 e. The standard InChI is InChI=1S/C11H15NO2/c1-3-11(14)9-4-6-10(7-5-9)12(2)8-13/h4-8,11,14H,3H2,1-2H3/t11-/m1/s1. The Morgan fingerprint density at radius 1 is 1.43 bits per heavy atom. The Morgan fingerprint density at radius 2 is 2.00 bits per heavy atom. The van der Waals surface area contributed by atoms with Crippen LogP contribution in [0.5, 0.6) is 0 Å². The maximum absolute atomic E-state index is 10.5. The highest BCUT2D eigenvalue weighted by molar-refractivity contribution is 5.74. The first-order chi connectivity index (χ1) is 6.69. The maximum atomic E-state index is 10.5. The monoisotopic (exact) mass is 193 g/mol. The molecule has 3 heteroatoms. The molecule has 0 bridgehead atoms. The molecule has 0 aliphatic heterocycles. The van der Waals surface area contributed by atoms with Crippen LogP contribution in [0.2, 0.25) is 0 Å². The number of hydrogen-bond acceptors (Lipinski definition) is 2. The van der Waals surface area contributed by atoms with Gasteiger partial charge in [0.25, 0.3) is 0 Å². The van der Waals surface area contributed by atoms with Crippen LogP contribution in [0.3, 0.4) is 0 Å². The van der Waals surface area contributed by atoms with E-state index in [9.17, 15) is 9.90 Å². The number of carbonyl (C=O) groups is 1. The van der Waals surface area contributed by atoms with Crippen molar-refractivity contribution < 1.29 is 9.90 Å². The van der Waals surface area contributed by atoms with E-state index in [1.165, 1.54) is 4.90 Å². The number of benzene rings is 1. The van der Waals surface area contributed by atoms with E-state index in [1.54, 1.807) is 7.05 Å². The zero-order valence-electron chi connectivity index (χ0n) is 8.47. The lowest BCUT2D eigenvalue weighted by Crippen LogP contribution is -2.13. The Bertz CT molecular complexity index is 295. The molecular formula is C11H15NO2. The number of aliphatic hydroxyl groups is 1. The molecule has 0 saturated heterocycles. The number of amides is 1. The molecule has 0 aliphatic rings. The zero-order chi connectivity index (χ0) is 10.6. The maximum Gasteiger partial charge on any atom is 0.213 e. The summed E-state index contributed by atoms with van der Waals surface area (Å²) in [7, 11) is 1.69. The van der Waals surface area contributed by atoms with Crippen molar-refractivity contribution in [1.29, 1.82) is 0 Å². The van der Waals surface area contributed by atoms with Crippen LogP contribution in [0, 0.1) is 0 Å². The van der Waals surface area contributed by atoms with Crippen LogP contribution in [-0.4, -0.2) is 18.6 Å². The van der Waals surface area contributed by atoms with Gasteiger partial charge in [0.05, 0.1) is 6.10 Å². The highest BCUT2D eigenvalue weighted by Gasteiger charge is 2.04. The third-order valence-electron chi connectivity index (χ3n) is 2.23. The molecule has 0 heterocycles. The first kappa shape index (κ1) is 10.7. The van der Waals surface area contributed by atoms with E-state index in [2.05, 4.69) is 0 Å². The molecule has 76 valence electrons. The van der Waals surface area contributed by atoms with Gasteiger partial charge in [-0.1, -0.05) is 19.1 Å². The van der Waals surface area contributed by atoms with E-state index in [0.29, 0.717) is 6.42 Å². The lowest BCUT2D eigenvalue weighted by Gasteiger charge is -2.12. The first-order valence-corrected chi connectivity index (χ1v) is 4.65. The van der Waals surface area contributed by atoms with Crippen LogP contribution in [0.25, 0.3) is 0 Å². The molecule has 1 N–H and O–H groups in total. The summed E-state index contributed by atoms with van der Waals surface area (Å²) in [6.07, 6.45) is 1.04. The second-order valence-corrected chi connectivity index (χ2v) is 3.23. The highest BCUT2D eigenvalue weighted by Crippen LogP contribution is 2.19. The Labute approximate surface area is 84.0 Å². The van der Waals surface area contributed by atoms with Crippen LogP contribution >= 0.6 is 0 Å². The van der Waals surface area contributed by atoms with Crippen molar-refractivity contribution in [3.63, 3.8) is 0 Å². The number of carbonyl (C=O) groups excluding carboxylic acids is 1. The third kappa shape index (κ3) is 2.33. The molecule has 1 amide bonds. The Balaban J connectivity index is 2.83. The zero-order valence-corrected chi connectivity index (χ0v) is 8.47. The molecule has 1 rings (SSSR count). The average Bonchev–Trinajstić information content (AvgIpc) is 2.27. The van der Waals surface area contributed by atoms with E-state index >= 15 is 0 Å². The predicted molar refractivity (Wildman–Crippen MR) is 56.2 cm³/mol. The predicted octanol–water partition coefficient (Wildman–Crippen LogP) is 1.72. The van der Waals surface area contributed by atoms with Gasteiger partial charge < -0.3 is 10.0 Å². The van der Waals surface area contributed by atoms with Crippen molar-refractivity contribution in [2.75, 3.05) is 11.9 Å². The molecular weight excluding hydrogens is 178 g/mol. The molecule has 3 nitrogen and oxygen atoms in total. The summed E-state index contributed by atoms with van der Waals surface area (Å²) in [5, 5.41) is 9.53. The van der Waals surface area contributed by atoms with Gasteiger partial charge in [-0.3, -0.25) is 4.79 Å². The van der Waals surface area contributed by atoms with Crippen LogP contribution < -0.4 is 4.90 Å². The van der Waals surface area contributed by atoms with Gasteiger partial charge in [0.15, 0.2) is 0 Å². The number of anilines is 1. The number of rotatable bonds is 4. The van der Waals surface area contributed by atoms with E-state index < -0.39 is 6.10 Å². The smallest absolute Gasteiger partial charge is 0.213 e. The quantitative estimate of drug-likeness (QED) is 0.740. The third-order valence-corrected chi connectivity index (χ3v) is 2.23. The van der Waals surface area contributed by atoms with Gasteiger partial charge in [0, 0.05) is 12.7 Å². The van der Waals surface area contributed by atoms with Crippen molar-refractivity contribution in [1.82, 2.24) is 0 Å². The van der Waals surface area contributed by atoms with E-state index in [1.807, 2.05) is 31.2 Å². The summed E-state index contributed by atoms with van der Waals surface area (Å²) in [4.78, 5) is 11.9. The lowest BCUT2D eigenvalue weighted by molar-refractivity contribution is -0.107. The van der Waals surface area contributed by atoms with Gasteiger partial charge >= 0.3 is 0 Å². The summed E-state index contributed by atoms with van der Waals surface area (Å²) in [6.45, 7) is 1.93. The van der Waals surface area contributed by atoms with Crippen LogP contribution in [0.4, 0.5) is 5.69 Å². The van der Waals surface area contributed by atoms with E-state index in [0.717, 1.165) is 17.7 Å². The normalized spacial score (nSPS) is 12.2. The molecule has 0 aliphatic carbocycles. The van der Waals surface area contributed by atoms with E-state index in [-0.39, 0.29) is 0 Å². The fraction of sp³-hybridized carbons (Fsp3) is 0.364. The first-order valence-electron chi connectivity index (χ1n) is 4.65. The molecule has 14 heavy (non-hydrogen) atoms. The van der Waals surface area contributed by atoms with Crippen molar-refractivity contribution in [3.8, 4) is 0 Å². The fourth-order valence-electron chi connectivity index (χ4n) is 1.23. The summed E-state index contributed by atoms with van der Waals surface area (Å²) in [5.74, 6) is 0. The Morgan fingerprint density at radius 3 is 2.43 bits per heavy atom. The Kier molecular flexibility index (Phi) is 3.65. The van der Waals surface area contributed by atoms with Crippen molar-refractivity contribution in [2.45, 2.75) is 19.4 Å². The molecule has 0 aromatic heterocycles. The lowest BCUT2D eigenvalue weighted by atomic mass is 10.1. The second kappa shape index (κ2) is 4.77. The van der Waals surface area contributed by atoms with Gasteiger partial charge in [-0.2, -0.15) is 0 Å². The fourth-order valence-corrected chi connectivity index (χ4v) is 1.23. The van der Waals surface area contributed by atoms with Crippen molar-refractivity contribution in [3.05, 3.63) is 29.8 Å². The molecule has 1 aromatic carbocycles. The van der Waals surface area contributed by atoms with Crippen LogP contribution in [0.15, 0.2) is 24.3 Å². The molecule has 0 fully saturated rings. The number of aliphatic hydroxyl groups excluding tert-OH is 1. The van der Waals surface area contributed by atoms with Crippen LogP contribution in [-0.2, 0) is 4.79 Å². The van der Waals surface area contributed by atoms with Crippen LogP contribution in [0.1, 0.15) is 25.0 Å². The largest absolute Gasteiger partial charge is 0.388 e. The molecule has 0 saturated carbocycles. The minimum atomic E-state index is -0.411. The summed E-state index contributed by atoms with van der Waals surface area (Å²) in [6, 6.07) is 7.32. The minimum absolute atomic E-state index is 0.411. The topological polar surface area (TPSA) is 40.5 Å². The summed E-state index contributed by atoms with van der Waals surface area (Å²) < 4.78 is 0. The van der Waals surface area contributed by atoms with E-state index in [4.69, 9.17) is 0 Å². The second-order valence-electron chi connectivity index (χ2n) is 3.23. The van der Waals surface area contributed by atoms with Gasteiger partial charge in [0.1, 0.15) is 0 Å². The number of nitrogens with zero attached hydrogens (tertiary/aromatic N) is 1. The SMILES string of the molecule is CC[C@@H](O)c1ccc(N(C)C=O)cc1. The highest BCUT2D eigenvalue weighted by atomic mass is 16.3. The average molecular weight is 193 g/mol. The molecule has 0 unspecified atom stereocenters. The van der Waals surface area contributed by atoms with Gasteiger partial charge in [-0.05, 0) is 24.1 Å². The Hall–Kier alpha value is -1.35. The number of hydrogen-bond donors (Lipinski definition) is 1. The molecule has 1 atom stereocenters. The molecule has 0 radical (unpaired) electrons. The van der Waals surface area contributed by atoms with Gasteiger partial charge in [-0.25, -0.2) is 0 Å². The summed E-state index contributed by atoms with van der Waals surface area (Å²) in [5.41, 5.74) is 1.71. The van der Waals surface area contributed by atoms with Crippen molar-refractivity contribution >= 4 is 12.1 Å². The van der Waals surface area contributed by atoms with Gasteiger partial charge in [0.2, 0.25) is 6.41 Å². The molecule has 0 spiro atoms. The molecule has 1 aromatic rings. The summed E-state index contributed by atoms with van der Waals surface area (Å²) >= 11 is 0. The van der Waals surface area contributed by atoms with Gasteiger partial charge in [-0.15, -0.1) is 0 Å².